The summed E-state index contributed by atoms with van der Waals surface area (Å²) in [7, 11) is 3.36. The van der Waals surface area contributed by atoms with E-state index in [0.29, 0.717) is 16.9 Å². The van der Waals surface area contributed by atoms with Gasteiger partial charge >= 0.3 is 0 Å². The highest BCUT2D eigenvalue weighted by Gasteiger charge is 2.18. The number of alkyl halides is 1. The van der Waals surface area contributed by atoms with Crippen LogP contribution >= 0.6 is 15.9 Å². The molecule has 0 saturated heterocycles. The summed E-state index contributed by atoms with van der Waals surface area (Å²) in [5.74, 6) is -0.426. The Labute approximate surface area is 194 Å². The van der Waals surface area contributed by atoms with Gasteiger partial charge in [-0.2, -0.15) is 5.10 Å². The molecule has 8 heteroatoms. The zero-order chi connectivity index (χ0) is 22.8. The van der Waals surface area contributed by atoms with Crippen molar-refractivity contribution in [2.45, 2.75) is 6.92 Å². The Balaban J connectivity index is 1.82. The molecule has 4 aromatic rings. The molecule has 2 aromatic carbocycles. The van der Waals surface area contributed by atoms with Crippen molar-refractivity contribution in [3.8, 4) is 22.4 Å². The van der Waals surface area contributed by atoms with Gasteiger partial charge in [-0.3, -0.25) is 14.7 Å². The van der Waals surface area contributed by atoms with E-state index < -0.39 is 0 Å². The van der Waals surface area contributed by atoms with Crippen molar-refractivity contribution in [2.24, 2.45) is 0 Å². The summed E-state index contributed by atoms with van der Waals surface area (Å²) in [6.45, 7) is 2.05. The quantitative estimate of drug-likeness (QED) is 0.398. The van der Waals surface area contributed by atoms with Gasteiger partial charge in [-0.15, -0.1) is 0 Å². The lowest BCUT2D eigenvalue weighted by atomic mass is 9.99. The molecule has 0 saturated carbocycles. The van der Waals surface area contributed by atoms with Crippen molar-refractivity contribution in [1.29, 1.82) is 0 Å². The molecular weight excluding hydrogens is 470 g/mol. The second-order valence-electron chi connectivity index (χ2n) is 7.65. The predicted molar refractivity (Wildman–Crippen MR) is 130 cm³/mol. The summed E-state index contributed by atoms with van der Waals surface area (Å²) in [6.07, 6.45) is 1.75. The molecule has 32 heavy (non-hydrogen) atoms. The van der Waals surface area contributed by atoms with Crippen molar-refractivity contribution in [2.75, 3.05) is 24.7 Å². The first-order valence-electron chi connectivity index (χ1n) is 10.0. The van der Waals surface area contributed by atoms with Gasteiger partial charge in [-0.25, -0.2) is 4.98 Å². The number of rotatable bonds is 5. The molecular formula is C24H22BrN5O2. The Hall–Kier alpha value is -3.52. The number of hydrogen-bond acceptors (Lipinski definition) is 4. The Bertz CT molecular complexity index is 1330. The molecule has 2 N–H and O–H groups in total. The van der Waals surface area contributed by atoms with Crippen LogP contribution in [0.3, 0.4) is 0 Å². The molecule has 0 radical (unpaired) electrons. The van der Waals surface area contributed by atoms with Gasteiger partial charge in [0.15, 0.2) is 5.65 Å². The highest BCUT2D eigenvalue weighted by molar-refractivity contribution is 9.09. The van der Waals surface area contributed by atoms with E-state index in [1.165, 1.54) is 4.90 Å². The zero-order valence-corrected chi connectivity index (χ0v) is 19.5. The number of H-pyrrole nitrogens is 1. The van der Waals surface area contributed by atoms with Gasteiger partial charge < -0.3 is 10.2 Å². The van der Waals surface area contributed by atoms with Crippen LogP contribution in [0.2, 0.25) is 0 Å². The van der Waals surface area contributed by atoms with Crippen LogP contribution in [0.5, 0.6) is 0 Å². The molecule has 0 spiro atoms. The number of hydrogen-bond donors (Lipinski definition) is 2. The van der Waals surface area contributed by atoms with Gasteiger partial charge in [0.2, 0.25) is 5.91 Å². The molecule has 162 valence electrons. The molecule has 0 bridgehead atoms. The minimum absolute atomic E-state index is 0.146. The van der Waals surface area contributed by atoms with Crippen LogP contribution in [0, 0.1) is 6.92 Å². The Kier molecular flexibility index (Phi) is 6.05. The molecule has 7 nitrogen and oxygen atoms in total. The number of fused-ring (bicyclic) bond motifs is 1. The van der Waals surface area contributed by atoms with Crippen LogP contribution < -0.4 is 5.32 Å². The first-order chi connectivity index (χ1) is 15.4. The van der Waals surface area contributed by atoms with Crippen LogP contribution in [-0.4, -0.2) is 51.3 Å². The topological polar surface area (TPSA) is 91.0 Å². The van der Waals surface area contributed by atoms with E-state index in [-0.39, 0.29) is 17.1 Å². The third kappa shape index (κ3) is 4.13. The van der Waals surface area contributed by atoms with Gasteiger partial charge in [0.05, 0.1) is 16.6 Å². The largest absolute Gasteiger partial charge is 0.345 e. The number of carbonyl (C=O) groups excluding carboxylic acids is 2. The number of halogens is 1. The fourth-order valence-electron chi connectivity index (χ4n) is 3.54. The Morgan fingerprint density at radius 3 is 2.59 bits per heavy atom. The second kappa shape index (κ2) is 8.92. The van der Waals surface area contributed by atoms with E-state index in [4.69, 9.17) is 0 Å². The lowest BCUT2D eigenvalue weighted by molar-refractivity contribution is -0.113. The average Bonchev–Trinajstić information content (AvgIpc) is 3.22. The van der Waals surface area contributed by atoms with Crippen LogP contribution in [-0.2, 0) is 4.79 Å². The molecule has 4 rings (SSSR count). The fourth-order valence-corrected chi connectivity index (χ4v) is 3.68. The zero-order valence-electron chi connectivity index (χ0n) is 17.9. The van der Waals surface area contributed by atoms with E-state index in [1.807, 2.05) is 43.3 Å². The summed E-state index contributed by atoms with van der Waals surface area (Å²) >= 11 is 3.14. The molecule has 2 heterocycles. The minimum Gasteiger partial charge on any atom is -0.345 e. The van der Waals surface area contributed by atoms with Crippen molar-refractivity contribution in [3.05, 3.63) is 65.9 Å². The van der Waals surface area contributed by atoms with Crippen LogP contribution in [0.25, 0.3) is 33.4 Å². The summed E-state index contributed by atoms with van der Waals surface area (Å²) in [5, 5.41) is 11.3. The van der Waals surface area contributed by atoms with Crippen molar-refractivity contribution in [3.63, 3.8) is 0 Å². The third-order valence-electron chi connectivity index (χ3n) is 5.20. The van der Waals surface area contributed by atoms with Gasteiger partial charge in [-0.1, -0.05) is 46.3 Å². The number of pyridine rings is 1. The maximum Gasteiger partial charge on any atom is 0.255 e. The molecule has 0 unspecified atom stereocenters. The first kappa shape index (κ1) is 21.7. The second-order valence-corrected chi connectivity index (χ2v) is 8.21. The van der Waals surface area contributed by atoms with Gasteiger partial charge in [-0.05, 0) is 36.2 Å². The Morgan fingerprint density at radius 2 is 1.88 bits per heavy atom. The van der Waals surface area contributed by atoms with Crippen molar-refractivity contribution < 1.29 is 9.59 Å². The molecule has 0 aliphatic heterocycles. The number of benzene rings is 2. The summed E-state index contributed by atoms with van der Waals surface area (Å²) in [5.41, 5.74) is 6.23. The summed E-state index contributed by atoms with van der Waals surface area (Å²) < 4.78 is 0. The fraction of sp³-hybridized carbons (Fsp3) is 0.167. The Morgan fingerprint density at radius 1 is 1.09 bits per heavy atom. The maximum absolute atomic E-state index is 12.8. The number of aromatic nitrogens is 3. The van der Waals surface area contributed by atoms with Crippen molar-refractivity contribution in [1.82, 2.24) is 20.1 Å². The number of carbonyl (C=O) groups is 2. The van der Waals surface area contributed by atoms with Gasteiger partial charge in [0.25, 0.3) is 5.91 Å². The number of aryl methyl sites for hydroxylation is 1. The first-order valence-corrected chi connectivity index (χ1v) is 11.1. The van der Waals surface area contributed by atoms with E-state index >= 15 is 0 Å². The molecule has 0 aliphatic rings. The van der Waals surface area contributed by atoms with Crippen LogP contribution in [0.1, 0.15) is 15.9 Å². The lowest BCUT2D eigenvalue weighted by Crippen LogP contribution is -2.24. The highest BCUT2D eigenvalue weighted by Crippen LogP contribution is 2.32. The summed E-state index contributed by atoms with van der Waals surface area (Å²) in [4.78, 5) is 30.7. The standard InChI is InChI=1S/C24H22BrN5O2/c1-14-6-4-5-7-17(14)22-19-11-16(13-26-23(19)29-28-22)15-8-9-20(27-21(31)12-25)18(10-15)24(32)30(2)3/h4-11,13H,12H2,1-3H3,(H,27,31)(H,26,28,29). The monoisotopic (exact) mass is 491 g/mol. The maximum atomic E-state index is 12.8. The number of nitrogens with zero attached hydrogens (tertiary/aromatic N) is 3. The third-order valence-corrected chi connectivity index (χ3v) is 5.71. The van der Waals surface area contributed by atoms with Crippen LogP contribution in [0.15, 0.2) is 54.7 Å². The SMILES string of the molecule is Cc1ccccc1-c1n[nH]c2ncc(-c3ccc(NC(=O)CBr)c(C(=O)N(C)C)c3)cc12. The lowest BCUT2D eigenvalue weighted by Gasteiger charge is -2.16. The van der Waals surface area contributed by atoms with Gasteiger partial charge in [0.1, 0.15) is 5.69 Å². The van der Waals surface area contributed by atoms with E-state index in [1.54, 1.807) is 32.4 Å². The van der Waals surface area contributed by atoms with Crippen molar-refractivity contribution >= 4 is 44.5 Å². The van der Waals surface area contributed by atoms with E-state index in [2.05, 4.69) is 36.4 Å². The summed E-state index contributed by atoms with van der Waals surface area (Å²) in [6, 6.07) is 15.5. The van der Waals surface area contributed by atoms with Gasteiger partial charge in [0, 0.05) is 36.8 Å². The molecule has 2 aromatic heterocycles. The van der Waals surface area contributed by atoms with Crippen LogP contribution in [0.4, 0.5) is 5.69 Å². The normalized spacial score (nSPS) is 10.9. The number of aromatic amines is 1. The molecule has 0 aliphatic carbocycles. The number of anilines is 1. The number of nitrogens with one attached hydrogen (secondary N) is 2. The highest BCUT2D eigenvalue weighted by atomic mass is 79.9. The average molecular weight is 492 g/mol. The van der Waals surface area contributed by atoms with E-state index in [9.17, 15) is 9.59 Å². The minimum atomic E-state index is -0.227. The van der Waals surface area contributed by atoms with E-state index in [0.717, 1.165) is 33.3 Å². The predicted octanol–water partition coefficient (Wildman–Crippen LogP) is 4.64. The molecule has 0 atom stereocenters. The molecule has 2 amide bonds. The molecule has 0 fully saturated rings. The number of amides is 2. The smallest absolute Gasteiger partial charge is 0.255 e.